The standard InChI is InChI=1S/C8H14N/c1-8-4-2-7(3-5-8)6-9-8/h7,9H,1-6H2. The largest absolute Gasteiger partial charge is 0.311 e. The van der Waals surface area contributed by atoms with Gasteiger partial charge in [0.1, 0.15) is 0 Å². The molecule has 3 rings (SSSR count). The van der Waals surface area contributed by atoms with Crippen LogP contribution in [0.1, 0.15) is 25.7 Å². The molecule has 0 amide bonds. The zero-order chi connectivity index (χ0) is 6.32. The second kappa shape index (κ2) is 1.72. The fraction of sp³-hybridized carbons (Fsp3) is 0.875. The second-order valence-corrected chi connectivity index (χ2v) is 3.60. The summed E-state index contributed by atoms with van der Waals surface area (Å²) in [4.78, 5) is 0. The van der Waals surface area contributed by atoms with E-state index in [4.69, 9.17) is 0 Å². The fourth-order valence-corrected chi connectivity index (χ4v) is 1.97. The van der Waals surface area contributed by atoms with Gasteiger partial charge in [0.05, 0.1) is 0 Å². The highest BCUT2D eigenvalue weighted by molar-refractivity contribution is 5.00. The average Bonchev–Trinajstić information content (AvgIpc) is 1.90. The lowest BCUT2D eigenvalue weighted by molar-refractivity contribution is 0.155. The summed E-state index contributed by atoms with van der Waals surface area (Å²) in [7, 11) is 0. The Labute approximate surface area is 56.8 Å². The lowest BCUT2D eigenvalue weighted by Gasteiger charge is -2.45. The maximum absolute atomic E-state index is 4.17. The molecule has 0 aromatic heterocycles. The van der Waals surface area contributed by atoms with Crippen LogP contribution in [0, 0.1) is 12.8 Å². The van der Waals surface area contributed by atoms with E-state index in [2.05, 4.69) is 12.2 Å². The van der Waals surface area contributed by atoms with Crippen LogP contribution < -0.4 is 5.32 Å². The summed E-state index contributed by atoms with van der Waals surface area (Å²) in [6.45, 7) is 5.40. The van der Waals surface area contributed by atoms with Gasteiger partial charge >= 0.3 is 0 Å². The molecule has 1 nitrogen and oxygen atoms in total. The molecule has 1 saturated carbocycles. The van der Waals surface area contributed by atoms with Gasteiger partial charge in [-0.05, 0) is 45.1 Å². The normalized spacial score (nSPS) is 49.7. The van der Waals surface area contributed by atoms with Gasteiger partial charge in [-0.25, -0.2) is 0 Å². The molecular weight excluding hydrogens is 110 g/mol. The quantitative estimate of drug-likeness (QED) is 0.514. The van der Waals surface area contributed by atoms with E-state index in [0.717, 1.165) is 5.92 Å². The van der Waals surface area contributed by atoms with Crippen molar-refractivity contribution >= 4 is 0 Å². The molecule has 3 aliphatic rings. The molecule has 0 atom stereocenters. The van der Waals surface area contributed by atoms with Crippen LogP contribution in [0.4, 0.5) is 0 Å². The van der Waals surface area contributed by atoms with Crippen molar-refractivity contribution in [2.75, 3.05) is 6.54 Å². The summed E-state index contributed by atoms with van der Waals surface area (Å²) in [5.74, 6) is 0.980. The molecule has 1 radical (unpaired) electrons. The van der Waals surface area contributed by atoms with E-state index in [1.807, 2.05) is 0 Å². The maximum atomic E-state index is 4.17. The summed E-state index contributed by atoms with van der Waals surface area (Å²) < 4.78 is 0. The molecule has 1 heteroatoms. The Kier molecular flexibility index (Phi) is 1.10. The second-order valence-electron chi connectivity index (χ2n) is 3.60. The van der Waals surface area contributed by atoms with Gasteiger partial charge in [0.15, 0.2) is 0 Å². The number of nitrogens with one attached hydrogen (secondary N) is 1. The monoisotopic (exact) mass is 124 g/mol. The van der Waals surface area contributed by atoms with E-state index in [1.165, 1.54) is 32.2 Å². The van der Waals surface area contributed by atoms with E-state index in [-0.39, 0.29) is 5.54 Å². The van der Waals surface area contributed by atoms with E-state index in [0.29, 0.717) is 0 Å². The molecule has 0 aromatic rings. The van der Waals surface area contributed by atoms with E-state index in [9.17, 15) is 0 Å². The topological polar surface area (TPSA) is 12.0 Å². The highest BCUT2D eigenvalue weighted by atomic mass is 15.0. The fourth-order valence-electron chi connectivity index (χ4n) is 1.97. The van der Waals surface area contributed by atoms with Gasteiger partial charge in [-0.3, -0.25) is 0 Å². The van der Waals surface area contributed by atoms with Crippen LogP contribution in [-0.4, -0.2) is 12.1 Å². The number of rotatable bonds is 0. The van der Waals surface area contributed by atoms with Crippen molar-refractivity contribution in [1.29, 1.82) is 0 Å². The number of piperidine rings is 2. The molecule has 0 aromatic carbocycles. The van der Waals surface area contributed by atoms with E-state index in [1.54, 1.807) is 0 Å². The van der Waals surface area contributed by atoms with Gasteiger partial charge in [0.2, 0.25) is 0 Å². The first-order valence-corrected chi connectivity index (χ1v) is 3.89. The SMILES string of the molecule is [CH2]C12CCC(CC1)CN2. The van der Waals surface area contributed by atoms with Crippen molar-refractivity contribution in [2.24, 2.45) is 5.92 Å². The minimum absolute atomic E-state index is 0.286. The third-order valence-corrected chi connectivity index (χ3v) is 2.83. The van der Waals surface area contributed by atoms with Crippen molar-refractivity contribution in [3.63, 3.8) is 0 Å². The predicted octanol–water partition coefficient (Wildman–Crippen LogP) is 1.35. The number of hydrogen-bond acceptors (Lipinski definition) is 1. The van der Waals surface area contributed by atoms with Crippen LogP contribution in [0.3, 0.4) is 0 Å². The Morgan fingerprint density at radius 1 is 1.33 bits per heavy atom. The van der Waals surface area contributed by atoms with Crippen molar-refractivity contribution in [3.8, 4) is 0 Å². The zero-order valence-corrected chi connectivity index (χ0v) is 5.82. The first-order valence-electron chi connectivity index (χ1n) is 3.89. The van der Waals surface area contributed by atoms with E-state index < -0.39 is 0 Å². The van der Waals surface area contributed by atoms with Gasteiger partial charge in [0, 0.05) is 5.54 Å². The molecule has 2 bridgehead atoms. The molecule has 3 fully saturated rings. The summed E-state index contributed by atoms with van der Waals surface area (Å²) in [6, 6.07) is 0. The minimum Gasteiger partial charge on any atom is -0.311 e. The molecule has 0 unspecified atom stereocenters. The summed E-state index contributed by atoms with van der Waals surface area (Å²) in [5.41, 5.74) is 0.286. The Morgan fingerprint density at radius 2 is 2.00 bits per heavy atom. The Bertz CT molecular complexity index is 98.0. The van der Waals surface area contributed by atoms with Crippen molar-refractivity contribution in [1.82, 2.24) is 5.32 Å². The molecular formula is C8H14N. The lowest BCUT2D eigenvalue weighted by Crippen LogP contribution is -2.53. The average molecular weight is 124 g/mol. The molecule has 51 valence electrons. The van der Waals surface area contributed by atoms with Gasteiger partial charge < -0.3 is 5.32 Å². The maximum Gasteiger partial charge on any atom is 0.0182 e. The Morgan fingerprint density at radius 3 is 2.22 bits per heavy atom. The van der Waals surface area contributed by atoms with E-state index >= 15 is 0 Å². The third-order valence-electron chi connectivity index (χ3n) is 2.83. The smallest absolute Gasteiger partial charge is 0.0182 e. The number of fused-ring (bicyclic) bond motifs is 3. The molecule has 9 heavy (non-hydrogen) atoms. The Hall–Kier alpha value is -0.0400. The zero-order valence-electron chi connectivity index (χ0n) is 5.82. The number of hydrogen-bond donors (Lipinski definition) is 1. The van der Waals surface area contributed by atoms with Gasteiger partial charge in [-0.2, -0.15) is 0 Å². The van der Waals surface area contributed by atoms with Crippen LogP contribution in [0.5, 0.6) is 0 Å². The molecule has 2 heterocycles. The van der Waals surface area contributed by atoms with Gasteiger partial charge in [0.25, 0.3) is 0 Å². The van der Waals surface area contributed by atoms with Crippen LogP contribution in [-0.2, 0) is 0 Å². The van der Waals surface area contributed by atoms with Crippen molar-refractivity contribution in [2.45, 2.75) is 31.2 Å². The summed E-state index contributed by atoms with van der Waals surface area (Å²) in [5, 5.41) is 3.48. The molecule has 1 N–H and O–H groups in total. The summed E-state index contributed by atoms with van der Waals surface area (Å²) in [6.07, 6.45) is 5.43. The Balaban J connectivity index is 2.11. The highest BCUT2D eigenvalue weighted by Gasteiger charge is 2.35. The molecule has 1 aliphatic carbocycles. The molecule has 0 spiro atoms. The first kappa shape index (κ1) is 5.72. The molecule has 2 saturated heterocycles. The molecule has 2 aliphatic heterocycles. The predicted molar refractivity (Wildman–Crippen MR) is 38.0 cm³/mol. The van der Waals surface area contributed by atoms with Crippen LogP contribution in [0.2, 0.25) is 0 Å². The minimum atomic E-state index is 0.286. The van der Waals surface area contributed by atoms with Crippen molar-refractivity contribution in [3.05, 3.63) is 6.92 Å². The third kappa shape index (κ3) is 0.877. The van der Waals surface area contributed by atoms with Gasteiger partial charge in [-0.15, -0.1) is 0 Å². The summed E-state index contributed by atoms with van der Waals surface area (Å²) >= 11 is 0. The first-order chi connectivity index (χ1) is 4.29. The van der Waals surface area contributed by atoms with Gasteiger partial charge in [-0.1, -0.05) is 0 Å². The van der Waals surface area contributed by atoms with Crippen LogP contribution in [0.15, 0.2) is 0 Å². The highest BCUT2D eigenvalue weighted by Crippen LogP contribution is 2.35. The van der Waals surface area contributed by atoms with Crippen LogP contribution in [0.25, 0.3) is 0 Å². The lowest BCUT2D eigenvalue weighted by atomic mass is 9.73. The van der Waals surface area contributed by atoms with Crippen molar-refractivity contribution < 1.29 is 0 Å². The van der Waals surface area contributed by atoms with Crippen LogP contribution >= 0.6 is 0 Å².